The number of hydrogen-bond acceptors (Lipinski definition) is 5. The van der Waals surface area contributed by atoms with Crippen molar-refractivity contribution in [2.75, 3.05) is 11.9 Å². The van der Waals surface area contributed by atoms with E-state index in [0.29, 0.717) is 22.6 Å². The zero-order valence-electron chi connectivity index (χ0n) is 17.1. The molecule has 0 fully saturated rings. The number of alkyl halides is 2. The summed E-state index contributed by atoms with van der Waals surface area (Å²) in [7, 11) is 0. The number of halogens is 3. The summed E-state index contributed by atoms with van der Waals surface area (Å²) in [6, 6.07) is 4.09. The number of pyridine rings is 2. The van der Waals surface area contributed by atoms with Gasteiger partial charge in [-0.05, 0) is 37.6 Å². The first-order chi connectivity index (χ1) is 14.0. The Morgan fingerprint density at radius 1 is 1.30 bits per heavy atom. The van der Waals surface area contributed by atoms with E-state index < -0.39 is 18.6 Å². The van der Waals surface area contributed by atoms with E-state index in [1.54, 1.807) is 26.8 Å². The molecule has 0 bridgehead atoms. The summed E-state index contributed by atoms with van der Waals surface area (Å²) in [6.45, 7) is 5.03. The molecule has 2 rings (SSSR count). The molecule has 0 spiro atoms. The van der Waals surface area contributed by atoms with Crippen LogP contribution in [-0.4, -0.2) is 34.3 Å². The second kappa shape index (κ2) is 9.80. The number of anilines is 1. The lowest BCUT2D eigenvalue weighted by atomic mass is 10.1. The summed E-state index contributed by atoms with van der Waals surface area (Å²) in [5, 5.41) is 5.48. The van der Waals surface area contributed by atoms with Gasteiger partial charge in [0.05, 0.1) is 6.04 Å². The van der Waals surface area contributed by atoms with Crippen molar-refractivity contribution in [2.45, 2.75) is 46.1 Å². The predicted molar refractivity (Wildman–Crippen MR) is 109 cm³/mol. The van der Waals surface area contributed by atoms with Gasteiger partial charge in [-0.15, -0.1) is 0 Å². The van der Waals surface area contributed by atoms with Gasteiger partial charge in [0.2, 0.25) is 11.8 Å². The molecule has 0 aromatic carbocycles. The van der Waals surface area contributed by atoms with Crippen LogP contribution in [0.25, 0.3) is 0 Å². The van der Waals surface area contributed by atoms with Crippen LogP contribution in [0.1, 0.15) is 54.8 Å². The zero-order valence-corrected chi connectivity index (χ0v) is 17.8. The zero-order chi connectivity index (χ0) is 22.5. The molecule has 0 aliphatic rings. The Morgan fingerprint density at radius 2 is 2.00 bits per heavy atom. The minimum atomic E-state index is -3.01. The number of amides is 2. The second-order valence-corrected chi connectivity index (χ2v) is 7.30. The van der Waals surface area contributed by atoms with Crippen LogP contribution in [0.15, 0.2) is 24.4 Å². The molecule has 2 aromatic rings. The molecule has 0 aliphatic heterocycles. The second-order valence-electron chi connectivity index (χ2n) is 6.89. The quantitative estimate of drug-likeness (QED) is 0.638. The molecule has 2 amide bonds. The number of aryl methyl sites for hydroxylation is 1. The number of nitrogens with one attached hydrogen (secondary N) is 2. The third kappa shape index (κ3) is 6.91. The summed E-state index contributed by atoms with van der Waals surface area (Å²) >= 11 is 6.07. The molecule has 0 radical (unpaired) electrons. The van der Waals surface area contributed by atoms with Crippen molar-refractivity contribution in [1.82, 2.24) is 15.3 Å². The van der Waals surface area contributed by atoms with Gasteiger partial charge in [-0.2, -0.15) is 0 Å². The van der Waals surface area contributed by atoms with E-state index >= 15 is 0 Å². The highest BCUT2D eigenvalue weighted by Gasteiger charge is 2.23. The van der Waals surface area contributed by atoms with Gasteiger partial charge in [-0.3, -0.25) is 9.59 Å². The van der Waals surface area contributed by atoms with E-state index in [1.807, 2.05) is 0 Å². The molecular formula is C20H23ClF2N4O3. The largest absolute Gasteiger partial charge is 0.470 e. The Balaban J connectivity index is 2.10. The van der Waals surface area contributed by atoms with Gasteiger partial charge in [-0.1, -0.05) is 18.5 Å². The van der Waals surface area contributed by atoms with E-state index in [-0.39, 0.29) is 29.1 Å². The van der Waals surface area contributed by atoms with Gasteiger partial charge in [-0.25, -0.2) is 18.7 Å². The van der Waals surface area contributed by atoms with Crippen molar-refractivity contribution >= 4 is 29.2 Å². The Kier molecular flexibility index (Phi) is 7.66. The number of ether oxygens (including phenoxy) is 1. The molecule has 10 heteroatoms. The summed E-state index contributed by atoms with van der Waals surface area (Å²) in [5.41, 5.74) is 1.46. The van der Waals surface area contributed by atoms with Crippen LogP contribution >= 0.6 is 11.6 Å². The van der Waals surface area contributed by atoms with E-state index in [0.717, 1.165) is 6.92 Å². The highest BCUT2D eigenvalue weighted by Crippen LogP contribution is 2.27. The fraction of sp³-hybridized carbons (Fsp3) is 0.400. The lowest BCUT2D eigenvalue weighted by molar-refractivity contribution is -0.115. The molecule has 2 aromatic heterocycles. The monoisotopic (exact) mass is 440 g/mol. The first kappa shape index (κ1) is 23.5. The SMILES string of the molecule is CCC(=O)Nc1cc(C(=O)NC(C)c2cnc(OCC(C)(F)F)c(Cl)c2)cc(C)n1. The van der Waals surface area contributed by atoms with Crippen molar-refractivity contribution < 1.29 is 23.1 Å². The number of nitrogens with zero attached hydrogens (tertiary/aromatic N) is 2. The average molecular weight is 441 g/mol. The van der Waals surface area contributed by atoms with E-state index in [2.05, 4.69) is 20.6 Å². The normalized spacial score (nSPS) is 12.2. The Bertz CT molecular complexity index is 935. The molecule has 162 valence electrons. The molecular weight excluding hydrogens is 418 g/mol. The van der Waals surface area contributed by atoms with Crippen molar-refractivity contribution in [1.29, 1.82) is 0 Å². The van der Waals surface area contributed by atoms with Crippen LogP contribution in [0.4, 0.5) is 14.6 Å². The summed E-state index contributed by atoms with van der Waals surface area (Å²) < 4.78 is 30.8. The van der Waals surface area contributed by atoms with Crippen LogP contribution in [-0.2, 0) is 4.79 Å². The van der Waals surface area contributed by atoms with Crippen molar-refractivity contribution in [3.8, 4) is 5.88 Å². The van der Waals surface area contributed by atoms with Crippen LogP contribution < -0.4 is 15.4 Å². The summed E-state index contributed by atoms with van der Waals surface area (Å²) in [5.74, 6) is -3.43. The highest BCUT2D eigenvalue weighted by molar-refractivity contribution is 6.31. The number of carbonyl (C=O) groups excluding carboxylic acids is 2. The van der Waals surface area contributed by atoms with E-state index in [4.69, 9.17) is 16.3 Å². The highest BCUT2D eigenvalue weighted by atomic mass is 35.5. The van der Waals surface area contributed by atoms with Crippen molar-refractivity contribution in [3.63, 3.8) is 0 Å². The van der Waals surface area contributed by atoms with Crippen molar-refractivity contribution in [3.05, 3.63) is 46.2 Å². The van der Waals surface area contributed by atoms with E-state index in [9.17, 15) is 18.4 Å². The first-order valence-corrected chi connectivity index (χ1v) is 9.61. The third-order valence-electron chi connectivity index (χ3n) is 3.94. The molecule has 0 saturated heterocycles. The minimum Gasteiger partial charge on any atom is -0.470 e. The van der Waals surface area contributed by atoms with Crippen LogP contribution in [0.2, 0.25) is 5.02 Å². The number of aromatic nitrogens is 2. The molecule has 1 unspecified atom stereocenters. The van der Waals surface area contributed by atoms with Crippen molar-refractivity contribution in [2.24, 2.45) is 0 Å². The Morgan fingerprint density at radius 3 is 2.60 bits per heavy atom. The predicted octanol–water partition coefficient (Wildman–Crippen LogP) is 4.31. The molecule has 0 aliphatic carbocycles. The summed E-state index contributed by atoms with van der Waals surface area (Å²) in [4.78, 5) is 32.4. The van der Waals surface area contributed by atoms with Gasteiger partial charge >= 0.3 is 0 Å². The fourth-order valence-corrected chi connectivity index (χ4v) is 2.67. The molecule has 0 saturated carbocycles. The number of hydrogen-bond donors (Lipinski definition) is 2. The topological polar surface area (TPSA) is 93.2 Å². The minimum absolute atomic E-state index is 0.0576. The number of carbonyl (C=O) groups is 2. The lowest BCUT2D eigenvalue weighted by Gasteiger charge is -2.17. The molecule has 2 heterocycles. The average Bonchev–Trinajstić information content (AvgIpc) is 2.65. The van der Waals surface area contributed by atoms with Crippen LogP contribution in [0.3, 0.4) is 0 Å². The molecule has 2 N–H and O–H groups in total. The molecule has 7 nitrogen and oxygen atoms in total. The molecule has 30 heavy (non-hydrogen) atoms. The summed E-state index contributed by atoms with van der Waals surface area (Å²) in [6.07, 6.45) is 1.68. The maximum atomic E-state index is 12.9. The Hall–Kier alpha value is -2.81. The van der Waals surface area contributed by atoms with Gasteiger partial charge < -0.3 is 15.4 Å². The van der Waals surface area contributed by atoms with Gasteiger partial charge in [0.15, 0.2) is 6.61 Å². The smallest absolute Gasteiger partial charge is 0.278 e. The maximum absolute atomic E-state index is 12.9. The Labute approximate surface area is 178 Å². The van der Waals surface area contributed by atoms with Crippen LogP contribution in [0, 0.1) is 6.92 Å². The van der Waals surface area contributed by atoms with E-state index in [1.165, 1.54) is 18.3 Å². The fourth-order valence-electron chi connectivity index (χ4n) is 2.44. The van der Waals surface area contributed by atoms with Crippen LogP contribution in [0.5, 0.6) is 5.88 Å². The maximum Gasteiger partial charge on any atom is 0.278 e. The third-order valence-corrected chi connectivity index (χ3v) is 4.21. The van der Waals surface area contributed by atoms with Gasteiger partial charge in [0, 0.05) is 30.8 Å². The van der Waals surface area contributed by atoms with Gasteiger partial charge in [0.25, 0.3) is 11.8 Å². The number of rotatable bonds is 8. The first-order valence-electron chi connectivity index (χ1n) is 9.24. The molecule has 1 atom stereocenters. The standard InChI is InChI=1S/C20H23ClF2N4O3/c1-5-17(28)27-16-8-13(6-11(2)25-16)18(29)26-12(3)14-7-15(21)19(24-9-14)30-10-20(4,22)23/h6-9,12H,5,10H2,1-4H3,(H,26,29)(H,25,27,28). The van der Waals surface area contributed by atoms with Gasteiger partial charge in [0.1, 0.15) is 10.8 Å². The lowest BCUT2D eigenvalue weighted by Crippen LogP contribution is -2.27.